The van der Waals surface area contributed by atoms with E-state index in [2.05, 4.69) is 18.2 Å². The summed E-state index contributed by atoms with van der Waals surface area (Å²) in [5, 5.41) is 0. The van der Waals surface area contributed by atoms with Gasteiger partial charge in [-0.1, -0.05) is 42.5 Å². The molecule has 3 heteroatoms. The van der Waals surface area contributed by atoms with Gasteiger partial charge in [-0.05, 0) is 42.5 Å². The van der Waals surface area contributed by atoms with Crippen molar-refractivity contribution in [1.29, 1.82) is 0 Å². The molecule has 24 heavy (non-hydrogen) atoms. The summed E-state index contributed by atoms with van der Waals surface area (Å²) in [5.41, 5.74) is 2.41. The summed E-state index contributed by atoms with van der Waals surface area (Å²) < 4.78 is 10.7. The Balaban J connectivity index is 1.77. The van der Waals surface area contributed by atoms with Crippen LogP contribution in [0.2, 0.25) is 0 Å². The fourth-order valence-corrected chi connectivity index (χ4v) is 2.74. The first-order valence-corrected chi connectivity index (χ1v) is 8.42. The minimum Gasteiger partial charge on any atom is -0.497 e. The Morgan fingerprint density at radius 2 is 1.71 bits per heavy atom. The summed E-state index contributed by atoms with van der Waals surface area (Å²) in [7, 11) is 3.35. The van der Waals surface area contributed by atoms with Gasteiger partial charge < -0.3 is 9.47 Å². The lowest BCUT2D eigenvalue weighted by Crippen LogP contribution is -2.17. The number of ether oxygens (including phenoxy) is 2. The molecule has 0 aromatic heterocycles. The van der Waals surface area contributed by atoms with Crippen LogP contribution in [0.25, 0.3) is 0 Å². The van der Waals surface area contributed by atoms with Crippen molar-refractivity contribution < 1.29 is 14.3 Å². The van der Waals surface area contributed by atoms with E-state index < -0.39 is 0 Å². The summed E-state index contributed by atoms with van der Waals surface area (Å²) in [6, 6.07) is 18.2. The molecule has 1 unspecified atom stereocenters. The Bertz CT molecular complexity index is 622. The van der Waals surface area contributed by atoms with Gasteiger partial charge in [0.05, 0.1) is 13.2 Å². The monoisotopic (exact) mass is 326 g/mol. The zero-order valence-electron chi connectivity index (χ0n) is 14.5. The quantitative estimate of drug-likeness (QED) is 0.655. The van der Waals surface area contributed by atoms with Crippen molar-refractivity contribution in [3.8, 4) is 5.75 Å². The minimum absolute atomic E-state index is 0.0283. The molecule has 0 N–H and O–H groups in total. The third-order valence-corrected chi connectivity index (χ3v) is 4.21. The zero-order chi connectivity index (χ0) is 17.2. The number of Topliss-reactive ketones (excluding diaryl/α,β-unsaturated/α-hetero) is 1. The maximum Gasteiger partial charge on any atom is 0.135 e. The largest absolute Gasteiger partial charge is 0.497 e. The third kappa shape index (κ3) is 6.17. The first-order chi connectivity index (χ1) is 11.7. The molecule has 1 atom stereocenters. The molecule has 0 saturated carbocycles. The van der Waals surface area contributed by atoms with Crippen LogP contribution < -0.4 is 4.74 Å². The van der Waals surface area contributed by atoms with Crippen molar-refractivity contribution in [1.82, 2.24) is 0 Å². The van der Waals surface area contributed by atoms with Crippen LogP contribution in [0.5, 0.6) is 5.75 Å². The summed E-state index contributed by atoms with van der Waals surface area (Å²) in [5.74, 6) is 1.12. The first-order valence-electron chi connectivity index (χ1n) is 8.42. The Labute approximate surface area is 144 Å². The lowest BCUT2D eigenvalue weighted by Gasteiger charge is -2.15. The Hall–Kier alpha value is -2.13. The summed E-state index contributed by atoms with van der Waals surface area (Å²) in [6.45, 7) is 0. The number of aryl methyl sites for hydroxylation is 2. The lowest BCUT2D eigenvalue weighted by atomic mass is 10.00. The number of hydrogen-bond donors (Lipinski definition) is 0. The van der Waals surface area contributed by atoms with E-state index in [1.165, 1.54) is 11.1 Å². The van der Waals surface area contributed by atoms with Gasteiger partial charge in [0.15, 0.2) is 0 Å². The highest BCUT2D eigenvalue weighted by atomic mass is 16.5. The van der Waals surface area contributed by atoms with Gasteiger partial charge in [0.1, 0.15) is 11.5 Å². The molecule has 0 aliphatic carbocycles. The Kier molecular flexibility index (Phi) is 7.50. The van der Waals surface area contributed by atoms with E-state index in [0.717, 1.165) is 25.0 Å². The van der Waals surface area contributed by atoms with Gasteiger partial charge in [-0.2, -0.15) is 0 Å². The topological polar surface area (TPSA) is 35.5 Å². The fourth-order valence-electron chi connectivity index (χ4n) is 2.74. The standard InChI is InChI=1S/C21H26O3/c1-23-20-10-6-9-18(15-20)12-14-21(24-2)16-19(22)13-11-17-7-4-3-5-8-17/h3-10,15,21H,11-14,16H2,1-2H3. The molecular weight excluding hydrogens is 300 g/mol. The van der Waals surface area contributed by atoms with Crippen LogP contribution in [-0.2, 0) is 22.4 Å². The number of carbonyl (C=O) groups excluding carboxylic acids is 1. The molecule has 0 spiro atoms. The molecule has 0 aliphatic rings. The average molecular weight is 326 g/mol. The molecule has 0 fully saturated rings. The van der Waals surface area contributed by atoms with E-state index in [4.69, 9.17) is 9.47 Å². The van der Waals surface area contributed by atoms with Crippen LogP contribution in [0.4, 0.5) is 0 Å². The highest BCUT2D eigenvalue weighted by Gasteiger charge is 2.13. The van der Waals surface area contributed by atoms with Crippen LogP contribution in [0, 0.1) is 0 Å². The molecule has 2 aromatic rings. The third-order valence-electron chi connectivity index (χ3n) is 4.21. The fraction of sp³-hybridized carbons (Fsp3) is 0.381. The molecular formula is C21H26O3. The predicted molar refractivity (Wildman–Crippen MR) is 96.5 cm³/mol. The van der Waals surface area contributed by atoms with E-state index in [1.54, 1.807) is 14.2 Å². The molecule has 0 saturated heterocycles. The van der Waals surface area contributed by atoms with Crippen LogP contribution in [-0.4, -0.2) is 26.1 Å². The van der Waals surface area contributed by atoms with Gasteiger partial charge in [0.2, 0.25) is 0 Å². The molecule has 2 aromatic carbocycles. The Morgan fingerprint density at radius 1 is 0.958 bits per heavy atom. The van der Waals surface area contributed by atoms with Crippen molar-refractivity contribution >= 4 is 5.78 Å². The average Bonchev–Trinajstić information content (AvgIpc) is 2.64. The van der Waals surface area contributed by atoms with Gasteiger partial charge in [0.25, 0.3) is 0 Å². The molecule has 0 bridgehead atoms. The number of methoxy groups -OCH3 is 2. The Morgan fingerprint density at radius 3 is 2.42 bits per heavy atom. The van der Waals surface area contributed by atoms with E-state index in [1.807, 2.05) is 36.4 Å². The molecule has 0 aliphatic heterocycles. The van der Waals surface area contributed by atoms with Crippen molar-refractivity contribution in [2.24, 2.45) is 0 Å². The molecule has 3 nitrogen and oxygen atoms in total. The van der Waals surface area contributed by atoms with Crippen LogP contribution in [0.1, 0.15) is 30.4 Å². The van der Waals surface area contributed by atoms with Gasteiger partial charge in [-0.3, -0.25) is 4.79 Å². The lowest BCUT2D eigenvalue weighted by molar-refractivity contribution is -0.121. The van der Waals surface area contributed by atoms with E-state index in [0.29, 0.717) is 12.8 Å². The second-order valence-corrected chi connectivity index (χ2v) is 5.98. The van der Waals surface area contributed by atoms with E-state index >= 15 is 0 Å². The number of rotatable bonds is 10. The van der Waals surface area contributed by atoms with E-state index in [-0.39, 0.29) is 11.9 Å². The SMILES string of the molecule is COc1cccc(CCC(CC(=O)CCc2ccccc2)OC)c1. The number of ketones is 1. The number of benzene rings is 2. The smallest absolute Gasteiger partial charge is 0.135 e. The molecule has 0 heterocycles. The second kappa shape index (κ2) is 9.89. The predicted octanol–water partition coefficient (Wildman–Crippen LogP) is 4.23. The van der Waals surface area contributed by atoms with Crippen molar-refractivity contribution in [3.63, 3.8) is 0 Å². The minimum atomic E-state index is -0.0283. The van der Waals surface area contributed by atoms with Crippen molar-refractivity contribution in [2.75, 3.05) is 14.2 Å². The molecule has 0 radical (unpaired) electrons. The van der Waals surface area contributed by atoms with Gasteiger partial charge >= 0.3 is 0 Å². The maximum atomic E-state index is 12.2. The van der Waals surface area contributed by atoms with Gasteiger partial charge in [-0.25, -0.2) is 0 Å². The summed E-state index contributed by atoms with van der Waals surface area (Å²) in [4.78, 5) is 12.2. The first kappa shape index (κ1) is 18.2. The van der Waals surface area contributed by atoms with E-state index in [9.17, 15) is 4.79 Å². The summed E-state index contributed by atoms with van der Waals surface area (Å²) >= 11 is 0. The summed E-state index contributed by atoms with van der Waals surface area (Å²) in [6.07, 6.45) is 3.53. The van der Waals surface area contributed by atoms with Crippen molar-refractivity contribution in [2.45, 2.75) is 38.2 Å². The molecule has 128 valence electrons. The number of carbonyl (C=O) groups is 1. The highest BCUT2D eigenvalue weighted by molar-refractivity contribution is 5.79. The number of hydrogen-bond acceptors (Lipinski definition) is 3. The van der Waals surface area contributed by atoms with Crippen LogP contribution in [0.15, 0.2) is 54.6 Å². The van der Waals surface area contributed by atoms with Crippen LogP contribution in [0.3, 0.4) is 0 Å². The second-order valence-electron chi connectivity index (χ2n) is 5.98. The molecule has 0 amide bonds. The maximum absolute atomic E-state index is 12.2. The normalized spacial score (nSPS) is 11.9. The van der Waals surface area contributed by atoms with Gasteiger partial charge in [0, 0.05) is 20.0 Å². The zero-order valence-corrected chi connectivity index (χ0v) is 14.5. The highest BCUT2D eigenvalue weighted by Crippen LogP contribution is 2.16. The van der Waals surface area contributed by atoms with Crippen LogP contribution >= 0.6 is 0 Å². The van der Waals surface area contributed by atoms with Gasteiger partial charge in [-0.15, -0.1) is 0 Å². The molecule has 2 rings (SSSR count). The van der Waals surface area contributed by atoms with Crippen molar-refractivity contribution in [3.05, 3.63) is 65.7 Å².